The number of carbonyl (C=O) groups is 1. The Labute approximate surface area is 118 Å². The summed E-state index contributed by atoms with van der Waals surface area (Å²) in [5.41, 5.74) is 2.42. The van der Waals surface area contributed by atoms with E-state index in [1.807, 2.05) is 24.3 Å². The van der Waals surface area contributed by atoms with E-state index in [2.05, 4.69) is 26.0 Å². The van der Waals surface area contributed by atoms with Gasteiger partial charge in [-0.05, 0) is 23.8 Å². The van der Waals surface area contributed by atoms with Crippen molar-refractivity contribution >= 4 is 27.9 Å². The van der Waals surface area contributed by atoms with E-state index < -0.39 is 0 Å². The molecule has 0 aliphatic heterocycles. The number of aromatic nitrogens is 3. The number of rotatable bonds is 3. The molecule has 0 amide bonds. The summed E-state index contributed by atoms with van der Waals surface area (Å²) >= 11 is 3.51. The van der Waals surface area contributed by atoms with Crippen LogP contribution in [0.5, 0.6) is 0 Å². The van der Waals surface area contributed by atoms with Crippen LogP contribution >= 0.6 is 15.9 Å². The first-order chi connectivity index (χ1) is 9.26. The lowest BCUT2D eigenvalue weighted by Gasteiger charge is -1.99. The van der Waals surface area contributed by atoms with Crippen LogP contribution in [0.3, 0.4) is 0 Å². The zero-order valence-corrected chi connectivity index (χ0v) is 11.5. The van der Waals surface area contributed by atoms with Gasteiger partial charge in [0.25, 0.3) is 0 Å². The molecule has 1 aromatic carbocycles. The van der Waals surface area contributed by atoms with Crippen molar-refractivity contribution in [1.82, 2.24) is 14.6 Å². The van der Waals surface area contributed by atoms with Crippen LogP contribution in [0.1, 0.15) is 21.7 Å². The van der Waals surface area contributed by atoms with Crippen LogP contribution in [-0.2, 0) is 6.42 Å². The van der Waals surface area contributed by atoms with Gasteiger partial charge in [0.05, 0.1) is 0 Å². The summed E-state index contributed by atoms with van der Waals surface area (Å²) in [6.07, 6.45) is 3.21. The minimum absolute atomic E-state index is 0.604. The van der Waals surface area contributed by atoms with Gasteiger partial charge in [0.1, 0.15) is 6.29 Å². The van der Waals surface area contributed by atoms with Crippen LogP contribution in [0.25, 0.3) is 5.65 Å². The SMILES string of the molecule is O=Cc1ccn2nc(Cc3ccccc3Br)nc2c1. The van der Waals surface area contributed by atoms with Crippen LogP contribution < -0.4 is 0 Å². The second kappa shape index (κ2) is 4.93. The number of nitrogens with zero attached hydrogens (tertiary/aromatic N) is 3. The molecule has 3 rings (SSSR count). The highest BCUT2D eigenvalue weighted by molar-refractivity contribution is 9.10. The first kappa shape index (κ1) is 12.0. The number of carbonyl (C=O) groups excluding carboxylic acids is 1. The molecule has 0 saturated heterocycles. The van der Waals surface area contributed by atoms with Gasteiger partial charge in [-0.1, -0.05) is 34.1 Å². The molecular formula is C14H10BrN3O. The van der Waals surface area contributed by atoms with Crippen molar-refractivity contribution in [1.29, 1.82) is 0 Å². The molecule has 2 heterocycles. The summed E-state index contributed by atoms with van der Waals surface area (Å²) < 4.78 is 2.72. The maximum atomic E-state index is 10.7. The summed E-state index contributed by atoms with van der Waals surface area (Å²) in [6.45, 7) is 0. The lowest BCUT2D eigenvalue weighted by molar-refractivity contribution is 0.112. The van der Waals surface area contributed by atoms with E-state index >= 15 is 0 Å². The van der Waals surface area contributed by atoms with Gasteiger partial charge in [0.2, 0.25) is 0 Å². The molecule has 19 heavy (non-hydrogen) atoms. The van der Waals surface area contributed by atoms with Gasteiger partial charge in [-0.25, -0.2) is 9.50 Å². The number of hydrogen-bond acceptors (Lipinski definition) is 3. The average Bonchev–Trinajstić information content (AvgIpc) is 2.82. The molecule has 94 valence electrons. The molecular weight excluding hydrogens is 306 g/mol. The first-order valence-electron chi connectivity index (χ1n) is 5.80. The lowest BCUT2D eigenvalue weighted by Crippen LogP contribution is -1.93. The fourth-order valence-corrected chi connectivity index (χ4v) is 2.33. The van der Waals surface area contributed by atoms with E-state index in [4.69, 9.17) is 0 Å². The van der Waals surface area contributed by atoms with E-state index in [1.165, 1.54) is 0 Å². The second-order valence-corrected chi connectivity index (χ2v) is 5.03. The number of hydrogen-bond donors (Lipinski definition) is 0. The smallest absolute Gasteiger partial charge is 0.156 e. The zero-order chi connectivity index (χ0) is 13.2. The van der Waals surface area contributed by atoms with Gasteiger partial charge in [0.15, 0.2) is 11.5 Å². The quantitative estimate of drug-likeness (QED) is 0.698. The molecule has 0 bridgehead atoms. The van der Waals surface area contributed by atoms with Gasteiger partial charge < -0.3 is 0 Å². The standard InChI is InChI=1S/C14H10BrN3O/c15-12-4-2-1-3-11(12)8-13-16-14-7-10(9-19)5-6-18(14)17-13/h1-7,9H,8H2. The third kappa shape index (κ3) is 2.42. The van der Waals surface area contributed by atoms with Gasteiger partial charge in [-0.3, -0.25) is 4.79 Å². The van der Waals surface area contributed by atoms with Gasteiger partial charge >= 0.3 is 0 Å². The monoisotopic (exact) mass is 315 g/mol. The number of aldehydes is 1. The van der Waals surface area contributed by atoms with Crippen LogP contribution in [-0.4, -0.2) is 20.9 Å². The Hall–Kier alpha value is -2.01. The Kier molecular flexibility index (Phi) is 3.13. The number of pyridine rings is 1. The average molecular weight is 316 g/mol. The van der Waals surface area contributed by atoms with E-state index in [-0.39, 0.29) is 0 Å². The molecule has 2 aromatic heterocycles. The molecule has 3 aromatic rings. The van der Waals surface area contributed by atoms with Crippen LogP contribution in [0.4, 0.5) is 0 Å². The summed E-state index contributed by atoms with van der Waals surface area (Å²) in [5.74, 6) is 0.731. The van der Waals surface area contributed by atoms with Gasteiger partial charge in [0, 0.05) is 22.7 Å². The van der Waals surface area contributed by atoms with Crippen molar-refractivity contribution in [3.05, 3.63) is 64.0 Å². The largest absolute Gasteiger partial charge is 0.298 e. The molecule has 0 N–H and O–H groups in total. The molecule has 0 spiro atoms. The predicted molar refractivity (Wildman–Crippen MR) is 75.3 cm³/mol. The molecule has 4 nitrogen and oxygen atoms in total. The minimum Gasteiger partial charge on any atom is -0.298 e. The summed E-state index contributed by atoms with van der Waals surface area (Å²) in [7, 11) is 0. The van der Waals surface area contributed by atoms with Crippen molar-refractivity contribution in [3.8, 4) is 0 Å². The van der Waals surface area contributed by atoms with Gasteiger partial charge in [-0.15, -0.1) is 0 Å². The topological polar surface area (TPSA) is 47.3 Å². The fraction of sp³-hybridized carbons (Fsp3) is 0.0714. The Morgan fingerprint density at radius 3 is 2.89 bits per heavy atom. The highest BCUT2D eigenvalue weighted by atomic mass is 79.9. The van der Waals surface area contributed by atoms with Crippen LogP contribution in [0.15, 0.2) is 47.1 Å². The van der Waals surface area contributed by atoms with E-state index in [1.54, 1.807) is 22.8 Å². The Balaban J connectivity index is 1.98. The molecule has 0 aliphatic rings. The second-order valence-electron chi connectivity index (χ2n) is 4.18. The zero-order valence-electron chi connectivity index (χ0n) is 9.95. The minimum atomic E-state index is 0.604. The number of benzene rings is 1. The molecule has 0 saturated carbocycles. The van der Waals surface area contributed by atoms with E-state index in [9.17, 15) is 4.79 Å². The molecule has 0 fully saturated rings. The molecule has 0 aliphatic carbocycles. The summed E-state index contributed by atoms with van der Waals surface area (Å²) in [6, 6.07) is 11.4. The van der Waals surface area contributed by atoms with Crippen LogP contribution in [0, 0.1) is 0 Å². The maximum Gasteiger partial charge on any atom is 0.156 e. The van der Waals surface area contributed by atoms with E-state index in [0.717, 1.165) is 22.1 Å². The van der Waals surface area contributed by atoms with Crippen molar-refractivity contribution in [3.63, 3.8) is 0 Å². The fourth-order valence-electron chi connectivity index (χ4n) is 1.90. The van der Waals surface area contributed by atoms with Crippen molar-refractivity contribution < 1.29 is 4.79 Å². The van der Waals surface area contributed by atoms with Crippen molar-refractivity contribution in [2.45, 2.75) is 6.42 Å². The third-order valence-electron chi connectivity index (χ3n) is 2.85. The Morgan fingerprint density at radius 1 is 1.26 bits per heavy atom. The maximum absolute atomic E-state index is 10.7. The Morgan fingerprint density at radius 2 is 2.11 bits per heavy atom. The molecule has 0 radical (unpaired) electrons. The van der Waals surface area contributed by atoms with E-state index in [0.29, 0.717) is 17.6 Å². The predicted octanol–water partition coefficient (Wildman–Crippen LogP) is 2.90. The molecule has 0 unspecified atom stereocenters. The molecule has 0 atom stereocenters. The van der Waals surface area contributed by atoms with Crippen molar-refractivity contribution in [2.24, 2.45) is 0 Å². The van der Waals surface area contributed by atoms with Crippen molar-refractivity contribution in [2.75, 3.05) is 0 Å². The normalized spacial score (nSPS) is 10.8. The highest BCUT2D eigenvalue weighted by Crippen LogP contribution is 2.18. The third-order valence-corrected chi connectivity index (χ3v) is 3.62. The van der Waals surface area contributed by atoms with Gasteiger partial charge in [-0.2, -0.15) is 5.10 Å². The Bertz CT molecular complexity index is 751. The molecule has 5 heteroatoms. The van der Waals surface area contributed by atoms with Crippen LogP contribution in [0.2, 0.25) is 0 Å². The number of halogens is 1. The lowest BCUT2D eigenvalue weighted by atomic mass is 10.1. The first-order valence-corrected chi connectivity index (χ1v) is 6.59. The summed E-state index contributed by atoms with van der Waals surface area (Å²) in [5, 5.41) is 4.39. The summed E-state index contributed by atoms with van der Waals surface area (Å²) in [4.78, 5) is 15.2. The number of fused-ring (bicyclic) bond motifs is 1. The highest BCUT2D eigenvalue weighted by Gasteiger charge is 2.07.